The molecular formula is C13H20N2O2S. The van der Waals surface area contributed by atoms with Crippen LogP contribution >= 0.6 is 11.3 Å². The Labute approximate surface area is 112 Å². The van der Waals surface area contributed by atoms with E-state index in [0.717, 1.165) is 32.5 Å². The fraction of sp³-hybridized carbons (Fsp3) is 0.615. The number of nitrogens with one attached hydrogen (secondary N) is 1. The standard InChI is InChI=1S/C13H20N2O2S/c14-12(11-2-6-17-7-3-11)13(16)15-5-1-10-4-8-18-9-10/h4,8-9,11-12H,1-3,5-7,14H2,(H,15,16). The summed E-state index contributed by atoms with van der Waals surface area (Å²) in [6, 6.07) is 1.69. The van der Waals surface area contributed by atoms with Gasteiger partial charge in [-0.15, -0.1) is 0 Å². The molecule has 1 aliphatic rings. The number of hydrogen-bond donors (Lipinski definition) is 2. The summed E-state index contributed by atoms with van der Waals surface area (Å²) >= 11 is 1.68. The molecule has 3 N–H and O–H groups in total. The minimum atomic E-state index is -0.392. The number of carbonyl (C=O) groups is 1. The summed E-state index contributed by atoms with van der Waals surface area (Å²) in [7, 11) is 0. The summed E-state index contributed by atoms with van der Waals surface area (Å²) in [5.74, 6) is 0.233. The minimum absolute atomic E-state index is 0.0304. The van der Waals surface area contributed by atoms with Crippen LogP contribution in [0.5, 0.6) is 0 Å². The third kappa shape index (κ3) is 3.80. The molecule has 0 aromatic carbocycles. The Morgan fingerprint density at radius 3 is 3.00 bits per heavy atom. The van der Waals surface area contributed by atoms with Crippen LogP contribution in [0.4, 0.5) is 0 Å². The molecule has 1 aliphatic heterocycles. The van der Waals surface area contributed by atoms with E-state index in [-0.39, 0.29) is 11.8 Å². The number of nitrogens with two attached hydrogens (primary N) is 1. The van der Waals surface area contributed by atoms with Crippen molar-refractivity contribution in [3.8, 4) is 0 Å². The molecule has 0 bridgehead atoms. The van der Waals surface area contributed by atoms with Gasteiger partial charge < -0.3 is 15.8 Å². The molecule has 2 rings (SSSR count). The second kappa shape index (κ2) is 6.87. The molecular weight excluding hydrogens is 248 g/mol. The quantitative estimate of drug-likeness (QED) is 0.842. The Morgan fingerprint density at radius 2 is 2.33 bits per heavy atom. The SMILES string of the molecule is NC(C(=O)NCCc1ccsc1)C1CCOCC1. The molecule has 1 atom stereocenters. The van der Waals surface area contributed by atoms with Crippen LogP contribution in [0.1, 0.15) is 18.4 Å². The van der Waals surface area contributed by atoms with Gasteiger partial charge in [-0.3, -0.25) is 4.79 Å². The van der Waals surface area contributed by atoms with Crippen molar-refractivity contribution in [3.05, 3.63) is 22.4 Å². The van der Waals surface area contributed by atoms with Crippen LogP contribution in [-0.2, 0) is 16.0 Å². The molecule has 4 nitrogen and oxygen atoms in total. The second-order valence-corrected chi connectivity index (χ2v) is 5.43. The Kier molecular flexibility index (Phi) is 5.16. The first-order valence-corrected chi connectivity index (χ1v) is 7.34. The molecule has 5 heteroatoms. The van der Waals surface area contributed by atoms with Gasteiger partial charge in [0.1, 0.15) is 0 Å². The molecule has 18 heavy (non-hydrogen) atoms. The molecule has 0 saturated carbocycles. The van der Waals surface area contributed by atoms with Crippen LogP contribution < -0.4 is 11.1 Å². The van der Waals surface area contributed by atoms with E-state index in [0.29, 0.717) is 6.54 Å². The zero-order valence-corrected chi connectivity index (χ0v) is 11.2. The predicted molar refractivity (Wildman–Crippen MR) is 72.6 cm³/mol. The number of ether oxygens (including phenoxy) is 1. The Balaban J connectivity index is 1.70. The van der Waals surface area contributed by atoms with Crippen molar-refractivity contribution in [1.29, 1.82) is 0 Å². The lowest BCUT2D eigenvalue weighted by Crippen LogP contribution is -2.47. The maximum atomic E-state index is 11.9. The van der Waals surface area contributed by atoms with Gasteiger partial charge in [0.25, 0.3) is 0 Å². The second-order valence-electron chi connectivity index (χ2n) is 4.65. The highest BCUT2D eigenvalue weighted by atomic mass is 32.1. The normalized spacial score (nSPS) is 18.5. The van der Waals surface area contributed by atoms with Gasteiger partial charge in [0.05, 0.1) is 6.04 Å². The van der Waals surface area contributed by atoms with E-state index in [4.69, 9.17) is 10.5 Å². The molecule has 0 spiro atoms. The smallest absolute Gasteiger partial charge is 0.237 e. The van der Waals surface area contributed by atoms with Crippen molar-refractivity contribution in [2.45, 2.75) is 25.3 Å². The highest BCUT2D eigenvalue weighted by molar-refractivity contribution is 7.07. The maximum absolute atomic E-state index is 11.9. The fourth-order valence-corrected chi connectivity index (χ4v) is 2.87. The van der Waals surface area contributed by atoms with Crippen molar-refractivity contribution < 1.29 is 9.53 Å². The number of hydrogen-bond acceptors (Lipinski definition) is 4. The largest absolute Gasteiger partial charge is 0.381 e. The first-order valence-electron chi connectivity index (χ1n) is 6.39. The minimum Gasteiger partial charge on any atom is -0.381 e. The van der Waals surface area contributed by atoms with Crippen LogP contribution in [0.25, 0.3) is 0 Å². The van der Waals surface area contributed by atoms with Crippen LogP contribution in [-0.4, -0.2) is 31.7 Å². The van der Waals surface area contributed by atoms with Crippen molar-refractivity contribution >= 4 is 17.2 Å². The molecule has 0 radical (unpaired) electrons. The van der Waals surface area contributed by atoms with Crippen LogP contribution in [0.15, 0.2) is 16.8 Å². The predicted octanol–water partition coefficient (Wildman–Crippen LogP) is 1.16. The van der Waals surface area contributed by atoms with Crippen molar-refractivity contribution in [1.82, 2.24) is 5.32 Å². The molecule has 1 fully saturated rings. The van der Waals surface area contributed by atoms with E-state index in [1.165, 1.54) is 5.56 Å². The van der Waals surface area contributed by atoms with E-state index in [2.05, 4.69) is 16.8 Å². The Hall–Kier alpha value is -0.910. The third-order valence-electron chi connectivity index (χ3n) is 3.37. The van der Waals surface area contributed by atoms with Gasteiger partial charge in [-0.2, -0.15) is 11.3 Å². The molecule has 100 valence electrons. The van der Waals surface area contributed by atoms with Gasteiger partial charge in [0.2, 0.25) is 5.91 Å². The summed E-state index contributed by atoms with van der Waals surface area (Å²) in [5, 5.41) is 7.07. The lowest BCUT2D eigenvalue weighted by molar-refractivity contribution is -0.124. The van der Waals surface area contributed by atoms with Crippen LogP contribution in [0.2, 0.25) is 0 Å². The van der Waals surface area contributed by atoms with E-state index in [1.54, 1.807) is 11.3 Å². The molecule has 2 heterocycles. The van der Waals surface area contributed by atoms with Crippen molar-refractivity contribution in [2.24, 2.45) is 11.7 Å². The van der Waals surface area contributed by atoms with E-state index < -0.39 is 6.04 Å². The van der Waals surface area contributed by atoms with E-state index in [9.17, 15) is 4.79 Å². The average molecular weight is 268 g/mol. The molecule has 0 aliphatic carbocycles. The summed E-state index contributed by atoms with van der Waals surface area (Å²) < 4.78 is 5.27. The summed E-state index contributed by atoms with van der Waals surface area (Å²) in [6.07, 6.45) is 2.65. The lowest BCUT2D eigenvalue weighted by Gasteiger charge is -2.26. The topological polar surface area (TPSA) is 64.4 Å². The summed E-state index contributed by atoms with van der Waals surface area (Å²) in [5.41, 5.74) is 7.25. The molecule has 1 saturated heterocycles. The van der Waals surface area contributed by atoms with Crippen LogP contribution in [0.3, 0.4) is 0 Å². The summed E-state index contributed by atoms with van der Waals surface area (Å²) in [4.78, 5) is 11.9. The molecule has 1 aromatic heterocycles. The Bertz CT molecular complexity index is 361. The zero-order chi connectivity index (χ0) is 12.8. The number of thiophene rings is 1. The van der Waals surface area contributed by atoms with Gasteiger partial charge in [-0.25, -0.2) is 0 Å². The van der Waals surface area contributed by atoms with Crippen molar-refractivity contribution in [2.75, 3.05) is 19.8 Å². The highest BCUT2D eigenvalue weighted by Crippen LogP contribution is 2.17. The average Bonchev–Trinajstić information content (AvgIpc) is 2.92. The number of carbonyl (C=O) groups excluding carboxylic acids is 1. The first kappa shape index (κ1) is 13.5. The highest BCUT2D eigenvalue weighted by Gasteiger charge is 2.26. The first-order chi connectivity index (χ1) is 8.77. The van der Waals surface area contributed by atoms with Crippen molar-refractivity contribution in [3.63, 3.8) is 0 Å². The Morgan fingerprint density at radius 1 is 1.56 bits per heavy atom. The third-order valence-corrected chi connectivity index (χ3v) is 4.10. The molecule has 1 amide bonds. The van der Waals surface area contributed by atoms with E-state index >= 15 is 0 Å². The van der Waals surface area contributed by atoms with E-state index in [1.807, 2.05) is 5.38 Å². The van der Waals surface area contributed by atoms with Gasteiger partial charge in [0, 0.05) is 19.8 Å². The monoisotopic (exact) mass is 268 g/mol. The van der Waals surface area contributed by atoms with Crippen LogP contribution in [0, 0.1) is 5.92 Å². The number of rotatable bonds is 5. The molecule has 1 unspecified atom stereocenters. The van der Waals surface area contributed by atoms with Gasteiger partial charge in [-0.1, -0.05) is 0 Å². The lowest BCUT2D eigenvalue weighted by atomic mass is 9.92. The fourth-order valence-electron chi connectivity index (χ4n) is 2.17. The zero-order valence-electron chi connectivity index (χ0n) is 10.4. The summed E-state index contributed by atoms with van der Waals surface area (Å²) in [6.45, 7) is 2.10. The number of amides is 1. The van der Waals surface area contributed by atoms with Gasteiger partial charge in [0.15, 0.2) is 0 Å². The van der Waals surface area contributed by atoms with Gasteiger partial charge in [-0.05, 0) is 47.6 Å². The van der Waals surface area contributed by atoms with Gasteiger partial charge >= 0.3 is 0 Å². The maximum Gasteiger partial charge on any atom is 0.237 e. The molecule has 1 aromatic rings.